The standard InChI is InChI=1S/C45H52ClN7O7S/c1-45(2)15-11-33(39(26-45)31-3-5-34(46)6-4-31)29-51-17-19-52(20-18-51)35-7-9-38(42(24-35)60-36-23-32-12-16-47-43(32)49-28-36)44(54)50-61(57,58)37-8-10-40(41(25-37)53(55)56)48-27-30-13-21-59-22-14-30/h3-10,12,16,23-25,28,30,48,53,55H,11,13-15,17-22,26-27,29H2,1-2H3,(H,47,49)(H,50,54). The van der Waals surface area contributed by atoms with Gasteiger partial charge in [-0.1, -0.05) is 43.2 Å². The summed E-state index contributed by atoms with van der Waals surface area (Å²) in [6.45, 7) is 10.5. The van der Waals surface area contributed by atoms with Crippen LogP contribution in [0.4, 0.5) is 17.1 Å². The van der Waals surface area contributed by atoms with Crippen molar-refractivity contribution in [3.8, 4) is 11.5 Å². The number of halogens is 1. The number of sulfonamides is 1. The average Bonchev–Trinajstić information content (AvgIpc) is 3.72. The first-order valence-electron chi connectivity index (χ1n) is 20.8. The predicted molar refractivity (Wildman–Crippen MR) is 236 cm³/mol. The largest absolute Gasteiger partial charge is 0.595 e. The number of hydrogen-bond acceptors (Lipinski definition) is 11. The number of benzene rings is 3. The minimum absolute atomic E-state index is 0.0183. The summed E-state index contributed by atoms with van der Waals surface area (Å²) >= 11 is 6.24. The van der Waals surface area contributed by atoms with Gasteiger partial charge in [0.25, 0.3) is 15.9 Å². The Labute approximate surface area is 361 Å². The van der Waals surface area contributed by atoms with Crippen LogP contribution in [0.1, 0.15) is 61.9 Å². The lowest BCUT2D eigenvalue weighted by Gasteiger charge is -2.39. The number of pyridine rings is 1. The number of aromatic amines is 1. The van der Waals surface area contributed by atoms with Crippen molar-refractivity contribution in [3.63, 3.8) is 0 Å². The maximum Gasteiger partial charge on any atom is 0.268 e. The third-order valence-electron chi connectivity index (χ3n) is 12.0. The van der Waals surface area contributed by atoms with Gasteiger partial charge in [0.2, 0.25) is 0 Å². The molecule has 0 bridgehead atoms. The van der Waals surface area contributed by atoms with Gasteiger partial charge < -0.3 is 29.9 Å². The molecule has 1 aliphatic carbocycles. The van der Waals surface area contributed by atoms with E-state index >= 15 is 0 Å². The monoisotopic (exact) mass is 869 g/mol. The molecule has 61 heavy (non-hydrogen) atoms. The van der Waals surface area contributed by atoms with Gasteiger partial charge in [-0.25, -0.2) is 23.3 Å². The highest BCUT2D eigenvalue weighted by Crippen LogP contribution is 2.43. The molecule has 0 spiro atoms. The quantitative estimate of drug-likeness (QED) is 0.0760. The Kier molecular flexibility index (Phi) is 12.7. The van der Waals surface area contributed by atoms with Crippen LogP contribution in [0.2, 0.25) is 5.02 Å². The lowest BCUT2D eigenvalue weighted by molar-refractivity contribution is -0.990. The molecule has 2 aliphatic heterocycles. The van der Waals surface area contributed by atoms with Crippen LogP contribution >= 0.6 is 11.6 Å². The van der Waals surface area contributed by atoms with Crippen molar-refractivity contribution in [1.29, 1.82) is 0 Å². The van der Waals surface area contributed by atoms with Gasteiger partial charge in [-0.3, -0.25) is 9.69 Å². The fraction of sp³-hybridized carbons (Fsp3) is 0.378. The van der Waals surface area contributed by atoms with E-state index in [9.17, 15) is 23.6 Å². The first kappa shape index (κ1) is 42.7. The number of H-pyrrole nitrogens is 1. The van der Waals surface area contributed by atoms with E-state index < -0.39 is 21.2 Å². The van der Waals surface area contributed by atoms with Gasteiger partial charge in [0.15, 0.2) is 5.69 Å². The molecule has 5 N–H and O–H groups in total. The molecular weight excluding hydrogens is 818 g/mol. The SMILES string of the molecule is CC1(C)CCC(CN2CCN(c3ccc(C(=O)NS(=O)(=O)c4ccc(NCC5CCOCC5)c([NH+]([O-])O)c4)c(Oc4cnc5[nH]ccc5c4)c3)CC2)=C(c2ccc(Cl)cc2)C1. The minimum Gasteiger partial charge on any atom is -0.595 e. The Bertz CT molecular complexity index is 2510. The van der Waals surface area contributed by atoms with E-state index in [-0.39, 0.29) is 27.3 Å². The molecule has 8 rings (SSSR count). The molecule has 3 aliphatic rings. The third-order valence-corrected chi connectivity index (χ3v) is 13.6. The summed E-state index contributed by atoms with van der Waals surface area (Å²) in [7, 11) is -4.51. The number of rotatable bonds is 13. The Morgan fingerprint density at radius 2 is 1.82 bits per heavy atom. The molecule has 4 heterocycles. The van der Waals surface area contributed by atoms with E-state index in [0.29, 0.717) is 42.8 Å². The number of hydrogen-bond donors (Lipinski definition) is 5. The maximum absolute atomic E-state index is 13.9. The van der Waals surface area contributed by atoms with Crippen LogP contribution in [0, 0.1) is 16.5 Å². The fourth-order valence-electron chi connectivity index (χ4n) is 8.44. The van der Waals surface area contributed by atoms with Crippen LogP contribution in [-0.2, 0) is 14.8 Å². The number of anilines is 2. The zero-order valence-electron chi connectivity index (χ0n) is 34.4. The summed E-state index contributed by atoms with van der Waals surface area (Å²) in [6.07, 6.45) is 8.20. The highest BCUT2D eigenvalue weighted by atomic mass is 35.5. The number of fused-ring (bicyclic) bond motifs is 1. The summed E-state index contributed by atoms with van der Waals surface area (Å²) < 4.78 is 41.3. The highest BCUT2D eigenvalue weighted by molar-refractivity contribution is 7.90. The summed E-state index contributed by atoms with van der Waals surface area (Å²) in [4.78, 5) is 25.8. The maximum atomic E-state index is 13.9. The van der Waals surface area contributed by atoms with Crippen LogP contribution in [0.15, 0.2) is 95.7 Å². The van der Waals surface area contributed by atoms with Gasteiger partial charge in [-0.05, 0) is 103 Å². The molecule has 5 aromatic rings. The molecular formula is C45H52ClN7O7S. The van der Waals surface area contributed by atoms with Gasteiger partial charge >= 0.3 is 0 Å². The van der Waals surface area contributed by atoms with Crippen LogP contribution in [0.25, 0.3) is 16.6 Å². The van der Waals surface area contributed by atoms with Gasteiger partial charge in [0.1, 0.15) is 17.1 Å². The highest BCUT2D eigenvalue weighted by Gasteiger charge is 2.30. The Morgan fingerprint density at radius 3 is 2.57 bits per heavy atom. The molecule has 1 unspecified atom stereocenters. The van der Waals surface area contributed by atoms with Crippen LogP contribution in [0.3, 0.4) is 0 Å². The van der Waals surface area contributed by atoms with Crippen molar-refractivity contribution < 1.29 is 33.1 Å². The average molecular weight is 870 g/mol. The van der Waals surface area contributed by atoms with Gasteiger partial charge in [-0.2, -0.15) is 5.23 Å². The number of carbonyl (C=O) groups excluding carboxylic acids is 1. The van der Waals surface area contributed by atoms with Crippen LogP contribution < -0.4 is 24.9 Å². The summed E-state index contributed by atoms with van der Waals surface area (Å²) in [5, 5.41) is 25.7. The lowest BCUT2D eigenvalue weighted by Crippen LogP contribution is -2.99. The Morgan fingerprint density at radius 1 is 1.05 bits per heavy atom. The van der Waals surface area contributed by atoms with Gasteiger partial charge in [0.05, 0.1) is 22.3 Å². The molecule has 2 aromatic heterocycles. The van der Waals surface area contributed by atoms with Crippen molar-refractivity contribution in [1.82, 2.24) is 19.6 Å². The minimum atomic E-state index is -4.51. The molecule has 2 saturated heterocycles. The zero-order valence-corrected chi connectivity index (χ0v) is 35.9. The second kappa shape index (κ2) is 18.2. The van der Waals surface area contributed by atoms with E-state index in [4.69, 9.17) is 21.1 Å². The van der Waals surface area contributed by atoms with Gasteiger partial charge in [-0.15, -0.1) is 0 Å². The number of piperazine rings is 1. The first-order valence-corrected chi connectivity index (χ1v) is 22.6. The summed E-state index contributed by atoms with van der Waals surface area (Å²) in [6, 6.07) is 20.7. The molecule has 3 aromatic carbocycles. The smallest absolute Gasteiger partial charge is 0.268 e. The molecule has 14 nitrogen and oxygen atoms in total. The molecule has 1 amide bonds. The Balaban J connectivity index is 1.00. The Hall–Kier alpha value is -5.00. The fourth-order valence-corrected chi connectivity index (χ4v) is 9.56. The second-order valence-electron chi connectivity index (χ2n) is 16.9. The van der Waals surface area contributed by atoms with Crippen molar-refractivity contribution in [3.05, 3.63) is 112 Å². The van der Waals surface area contributed by atoms with E-state index in [0.717, 1.165) is 87.0 Å². The molecule has 0 radical (unpaired) electrons. The van der Waals surface area contributed by atoms with E-state index in [1.165, 1.54) is 35.0 Å². The number of nitrogens with zero attached hydrogens (tertiary/aromatic N) is 3. The molecule has 16 heteroatoms. The molecule has 2 fully saturated rings. The van der Waals surface area contributed by atoms with Crippen molar-refractivity contribution >= 4 is 61.2 Å². The molecule has 0 saturated carbocycles. The topological polar surface area (TPSA) is 177 Å². The van der Waals surface area contributed by atoms with E-state index in [1.54, 1.807) is 30.5 Å². The third kappa shape index (κ3) is 10.2. The number of nitrogens with one attached hydrogen (secondary N) is 4. The van der Waals surface area contributed by atoms with E-state index in [1.807, 2.05) is 18.2 Å². The van der Waals surface area contributed by atoms with Crippen LogP contribution in [-0.4, -0.2) is 86.9 Å². The first-order chi connectivity index (χ1) is 29.3. The number of ether oxygens (including phenoxy) is 2. The van der Waals surface area contributed by atoms with Crippen molar-refractivity contribution in [2.24, 2.45) is 11.3 Å². The van der Waals surface area contributed by atoms with E-state index in [2.05, 4.69) is 55.8 Å². The number of allylic oxidation sites excluding steroid dienone is 1. The van der Waals surface area contributed by atoms with Crippen molar-refractivity contribution in [2.45, 2.75) is 50.8 Å². The van der Waals surface area contributed by atoms with Gasteiger partial charge in [0, 0.05) is 86.9 Å². The second-order valence-corrected chi connectivity index (χ2v) is 19.1. The zero-order chi connectivity index (χ0) is 42.7. The number of aromatic nitrogens is 2. The molecule has 322 valence electrons. The normalized spacial score (nSPS) is 18.3. The predicted octanol–water partition coefficient (Wildman–Crippen LogP) is 7.16. The van der Waals surface area contributed by atoms with Crippen molar-refractivity contribution in [2.75, 3.05) is 62.7 Å². The lowest BCUT2D eigenvalue weighted by atomic mass is 9.72. The summed E-state index contributed by atoms with van der Waals surface area (Å²) in [5.74, 6) is -0.119. The number of quaternary nitrogens is 1. The molecule has 1 atom stereocenters. The number of amides is 1. The van der Waals surface area contributed by atoms with Crippen LogP contribution in [0.5, 0.6) is 11.5 Å². The number of carbonyl (C=O) groups is 1. The summed E-state index contributed by atoms with van der Waals surface area (Å²) in [5.41, 5.74) is 5.90.